The van der Waals surface area contributed by atoms with Gasteiger partial charge in [0.1, 0.15) is 5.69 Å². The Labute approximate surface area is 154 Å². The zero-order chi connectivity index (χ0) is 19.3. The maximum atomic E-state index is 12.1. The summed E-state index contributed by atoms with van der Waals surface area (Å²) >= 11 is 6.36. The van der Waals surface area contributed by atoms with Crippen molar-refractivity contribution in [1.82, 2.24) is 4.98 Å². The van der Waals surface area contributed by atoms with Gasteiger partial charge in [0, 0.05) is 5.56 Å². The molecule has 0 amide bonds. The van der Waals surface area contributed by atoms with E-state index in [-0.39, 0.29) is 29.6 Å². The number of hydrogen-bond acceptors (Lipinski definition) is 7. The monoisotopic (exact) mass is 382 g/mol. The first-order valence-corrected chi connectivity index (χ1v) is 8.14. The van der Waals surface area contributed by atoms with E-state index in [0.29, 0.717) is 27.8 Å². The summed E-state index contributed by atoms with van der Waals surface area (Å²) in [5, 5.41) is 40.8. The quantitative estimate of drug-likeness (QED) is 0.214. The fraction of sp³-hybridized carbons (Fsp3) is 0.294. The van der Waals surface area contributed by atoms with Gasteiger partial charge < -0.3 is 30.2 Å². The van der Waals surface area contributed by atoms with Gasteiger partial charge in [0.15, 0.2) is 0 Å². The Kier molecular flexibility index (Phi) is 6.76. The lowest BCUT2D eigenvalue weighted by Gasteiger charge is -2.15. The summed E-state index contributed by atoms with van der Waals surface area (Å²) in [4.78, 5) is 14.8. The molecular weight excluding hydrogens is 364 g/mol. The summed E-state index contributed by atoms with van der Waals surface area (Å²) < 4.78 is 4.95. The minimum Gasteiger partial charge on any atom is -0.461 e. The van der Waals surface area contributed by atoms with Crippen LogP contribution in [0, 0.1) is 0 Å². The molecule has 140 valence electrons. The molecule has 2 rings (SSSR count). The van der Waals surface area contributed by atoms with Crippen molar-refractivity contribution in [3.63, 3.8) is 0 Å². The molecule has 0 aliphatic heterocycles. The first kappa shape index (κ1) is 19.9. The van der Waals surface area contributed by atoms with E-state index in [9.17, 15) is 20.1 Å². The highest BCUT2D eigenvalue weighted by molar-refractivity contribution is 6.37. The molecule has 1 aromatic heterocycles. The third-order valence-electron chi connectivity index (χ3n) is 3.92. The average molecular weight is 383 g/mol. The van der Waals surface area contributed by atoms with E-state index in [1.165, 1.54) is 0 Å². The number of hydrogen-bond donors (Lipinski definition) is 5. The third kappa shape index (κ3) is 3.58. The van der Waals surface area contributed by atoms with E-state index >= 15 is 0 Å². The first-order valence-electron chi connectivity index (χ1n) is 7.76. The average Bonchev–Trinajstić information content (AvgIpc) is 2.96. The van der Waals surface area contributed by atoms with Gasteiger partial charge in [-0.1, -0.05) is 28.9 Å². The van der Waals surface area contributed by atoms with Crippen molar-refractivity contribution < 1.29 is 30.1 Å². The van der Waals surface area contributed by atoms with Gasteiger partial charge in [-0.3, -0.25) is 0 Å². The highest BCUT2D eigenvalue weighted by Crippen LogP contribution is 2.38. The molecule has 0 saturated carbocycles. The fourth-order valence-electron chi connectivity index (χ4n) is 2.76. The van der Waals surface area contributed by atoms with Crippen LogP contribution in [0.4, 0.5) is 0 Å². The van der Waals surface area contributed by atoms with Gasteiger partial charge in [-0.25, -0.2) is 4.79 Å². The van der Waals surface area contributed by atoms with Gasteiger partial charge in [-0.2, -0.15) is 0 Å². The number of carbonyl (C=O) groups is 1. The molecule has 0 bridgehead atoms. The van der Waals surface area contributed by atoms with Gasteiger partial charge in [0.05, 0.1) is 43.4 Å². The molecule has 2 aromatic rings. The van der Waals surface area contributed by atoms with Crippen molar-refractivity contribution in [1.29, 1.82) is 0 Å². The Hall–Kier alpha value is -2.39. The summed E-state index contributed by atoms with van der Waals surface area (Å²) in [5.74, 6) is -0.684. The Morgan fingerprint density at radius 1 is 1.23 bits per heavy atom. The Bertz CT molecular complexity index is 831. The number of carbonyl (C=O) groups excluding carboxylic acids is 1. The highest BCUT2D eigenvalue weighted by atomic mass is 35.5. The van der Waals surface area contributed by atoms with Gasteiger partial charge in [-0.05, 0) is 29.2 Å². The lowest BCUT2D eigenvalue weighted by atomic mass is 9.92. The van der Waals surface area contributed by atoms with Gasteiger partial charge in [-0.15, -0.1) is 0 Å². The second kappa shape index (κ2) is 8.81. The highest BCUT2D eigenvalue weighted by Gasteiger charge is 2.25. The lowest BCUT2D eigenvalue weighted by molar-refractivity contribution is 0.0520. The molecule has 0 radical (unpaired) electrons. The topological polar surface area (TPSA) is 135 Å². The largest absolute Gasteiger partial charge is 0.461 e. The number of nitrogens with one attached hydrogen (secondary N) is 1. The smallest absolute Gasteiger partial charge is 0.356 e. The fourth-order valence-corrected chi connectivity index (χ4v) is 3.09. The zero-order valence-corrected chi connectivity index (χ0v) is 14.7. The lowest BCUT2D eigenvalue weighted by Crippen LogP contribution is -2.05. The van der Waals surface area contributed by atoms with Crippen LogP contribution in [0.2, 0.25) is 5.02 Å². The third-order valence-corrected chi connectivity index (χ3v) is 4.30. The summed E-state index contributed by atoms with van der Waals surface area (Å²) in [5.41, 5.74) is 2.05. The molecule has 0 unspecified atom stereocenters. The molecule has 0 spiro atoms. The molecular formula is C17H19ClN2O6. The van der Waals surface area contributed by atoms with Gasteiger partial charge >= 0.3 is 5.97 Å². The maximum absolute atomic E-state index is 12.1. The molecule has 0 aliphatic carbocycles. The number of aliphatic hydroxyl groups is 3. The molecule has 5 N–H and O–H groups in total. The van der Waals surface area contributed by atoms with Crippen molar-refractivity contribution in [3.8, 4) is 11.1 Å². The molecule has 0 fully saturated rings. The predicted octanol–water partition coefficient (Wildman–Crippen LogP) is 1.80. The van der Waals surface area contributed by atoms with E-state index in [1.807, 2.05) is 0 Å². The van der Waals surface area contributed by atoms with Crippen molar-refractivity contribution in [2.75, 3.05) is 6.61 Å². The normalized spacial score (nSPS) is 11.3. The molecule has 0 aliphatic rings. The minimum atomic E-state index is -0.684. The van der Waals surface area contributed by atoms with Gasteiger partial charge in [0.2, 0.25) is 0 Å². The van der Waals surface area contributed by atoms with Gasteiger partial charge in [0.25, 0.3) is 0 Å². The van der Waals surface area contributed by atoms with Crippen LogP contribution in [0.25, 0.3) is 11.1 Å². The molecule has 0 saturated heterocycles. The Morgan fingerprint density at radius 3 is 2.46 bits per heavy atom. The van der Waals surface area contributed by atoms with E-state index in [2.05, 4.69) is 10.1 Å². The number of oxime groups is 1. The number of aliphatic hydroxyl groups excluding tert-OH is 3. The number of aromatic amines is 1. The Balaban J connectivity index is 2.77. The van der Waals surface area contributed by atoms with Crippen LogP contribution < -0.4 is 0 Å². The van der Waals surface area contributed by atoms with Crippen molar-refractivity contribution in [2.24, 2.45) is 5.16 Å². The molecule has 1 aromatic carbocycles. The zero-order valence-electron chi connectivity index (χ0n) is 14.0. The van der Waals surface area contributed by atoms with E-state index < -0.39 is 19.2 Å². The number of benzene rings is 1. The molecule has 1 heterocycles. The van der Waals surface area contributed by atoms with Crippen LogP contribution in [0.5, 0.6) is 0 Å². The SMILES string of the molecule is CCOC(=O)c1[nH]c(/C=N/O)c(-c2ccc(CO)c(CO)c2CO)c1Cl. The van der Waals surface area contributed by atoms with Crippen LogP contribution in [-0.4, -0.2) is 44.3 Å². The van der Waals surface area contributed by atoms with Crippen LogP contribution >= 0.6 is 11.6 Å². The Morgan fingerprint density at radius 2 is 1.92 bits per heavy atom. The van der Waals surface area contributed by atoms with E-state index in [0.717, 1.165) is 6.21 Å². The number of nitrogens with zero attached hydrogens (tertiary/aromatic N) is 1. The molecule has 26 heavy (non-hydrogen) atoms. The van der Waals surface area contributed by atoms with Crippen molar-refractivity contribution in [3.05, 3.63) is 45.2 Å². The number of halogens is 1. The molecule has 0 atom stereocenters. The summed E-state index contributed by atoms with van der Waals surface area (Å²) in [6.07, 6.45) is 1.06. The van der Waals surface area contributed by atoms with E-state index in [1.54, 1.807) is 19.1 Å². The van der Waals surface area contributed by atoms with Crippen LogP contribution in [0.1, 0.15) is 39.8 Å². The molecule has 8 nitrogen and oxygen atoms in total. The number of H-pyrrole nitrogens is 1. The second-order valence-corrected chi connectivity index (χ2v) is 5.65. The minimum absolute atomic E-state index is 0.0219. The van der Waals surface area contributed by atoms with Crippen LogP contribution in [0.3, 0.4) is 0 Å². The molecule has 9 heteroatoms. The summed E-state index contributed by atoms with van der Waals surface area (Å²) in [7, 11) is 0. The van der Waals surface area contributed by atoms with Crippen LogP contribution in [0.15, 0.2) is 17.3 Å². The van der Waals surface area contributed by atoms with E-state index in [4.69, 9.17) is 21.5 Å². The number of aromatic nitrogens is 1. The summed E-state index contributed by atoms with van der Waals surface area (Å²) in [6, 6.07) is 3.17. The second-order valence-electron chi connectivity index (χ2n) is 5.27. The van der Waals surface area contributed by atoms with Crippen molar-refractivity contribution in [2.45, 2.75) is 26.7 Å². The van der Waals surface area contributed by atoms with Crippen LogP contribution in [-0.2, 0) is 24.6 Å². The van der Waals surface area contributed by atoms with Crippen molar-refractivity contribution >= 4 is 23.8 Å². The first-order chi connectivity index (χ1) is 12.5. The number of esters is 1. The number of rotatable bonds is 7. The standard InChI is InChI=1S/C17H19ClN2O6/c1-2-26-17(24)16-15(18)14(13(20-16)5-19-25)10-4-3-9(6-21)11(7-22)12(10)8-23/h3-5,20-23,25H,2,6-8H2,1H3/b19-5+. The number of ether oxygens (including phenoxy) is 1. The summed E-state index contributed by atoms with van der Waals surface area (Å²) in [6.45, 7) is 0.634. The maximum Gasteiger partial charge on any atom is 0.356 e. The predicted molar refractivity (Wildman–Crippen MR) is 94.3 cm³/mol.